The van der Waals surface area contributed by atoms with Gasteiger partial charge in [-0.15, -0.1) is 11.3 Å². The lowest BCUT2D eigenvalue weighted by atomic mass is 10.1. The van der Waals surface area contributed by atoms with Crippen molar-refractivity contribution in [1.82, 2.24) is 20.0 Å². The zero-order valence-electron chi connectivity index (χ0n) is 16.8. The summed E-state index contributed by atoms with van der Waals surface area (Å²) in [6.07, 6.45) is 4.90. The highest BCUT2D eigenvalue weighted by atomic mass is 32.1. The van der Waals surface area contributed by atoms with Crippen molar-refractivity contribution >= 4 is 27.5 Å². The molecule has 0 unspecified atom stereocenters. The van der Waals surface area contributed by atoms with E-state index in [9.17, 15) is 4.79 Å². The maximum absolute atomic E-state index is 12.1. The van der Waals surface area contributed by atoms with Crippen molar-refractivity contribution in [3.8, 4) is 10.8 Å². The van der Waals surface area contributed by atoms with Gasteiger partial charge in [-0.1, -0.05) is 5.16 Å². The third kappa shape index (κ3) is 4.91. The van der Waals surface area contributed by atoms with Crippen molar-refractivity contribution in [3.63, 3.8) is 0 Å². The van der Waals surface area contributed by atoms with Crippen LogP contribution in [0.2, 0.25) is 0 Å². The van der Waals surface area contributed by atoms with Crippen LogP contribution in [0, 0.1) is 0 Å². The standard InChI is InChI=1S/C20H24N4O4S/c1-20(2,3)27-19(25)24-8-5-14(6-9-24)26-12-17-22-18(28-23-17)16-10-13-11-21-7-4-15(13)29-16/h4,7,10-11,14H,5-6,8-9,12H2,1-3H3. The summed E-state index contributed by atoms with van der Waals surface area (Å²) in [7, 11) is 0. The molecule has 4 rings (SSSR count). The normalized spacial score (nSPS) is 15.8. The summed E-state index contributed by atoms with van der Waals surface area (Å²) in [6, 6.07) is 3.96. The first-order valence-corrected chi connectivity index (χ1v) is 10.4. The van der Waals surface area contributed by atoms with Gasteiger partial charge < -0.3 is 18.9 Å². The Morgan fingerprint density at radius 1 is 1.34 bits per heavy atom. The van der Waals surface area contributed by atoms with Crippen LogP contribution < -0.4 is 0 Å². The third-order valence-electron chi connectivity index (χ3n) is 4.54. The Bertz CT molecular complexity index is 953. The minimum Gasteiger partial charge on any atom is -0.444 e. The van der Waals surface area contributed by atoms with Gasteiger partial charge in [-0.05, 0) is 45.7 Å². The summed E-state index contributed by atoms with van der Waals surface area (Å²) < 4.78 is 17.9. The number of piperidine rings is 1. The summed E-state index contributed by atoms with van der Waals surface area (Å²) in [5.74, 6) is 1.01. The highest BCUT2D eigenvalue weighted by Gasteiger charge is 2.27. The molecule has 4 heterocycles. The van der Waals surface area contributed by atoms with Crippen LogP contribution in [0.3, 0.4) is 0 Å². The molecule has 0 aromatic carbocycles. The second-order valence-electron chi connectivity index (χ2n) is 8.02. The van der Waals surface area contributed by atoms with Crippen LogP contribution in [-0.2, 0) is 16.1 Å². The van der Waals surface area contributed by atoms with Crippen molar-refractivity contribution in [3.05, 3.63) is 30.4 Å². The quantitative estimate of drug-likeness (QED) is 0.627. The predicted molar refractivity (Wildman–Crippen MR) is 109 cm³/mol. The van der Waals surface area contributed by atoms with Crippen molar-refractivity contribution in [1.29, 1.82) is 0 Å². The van der Waals surface area contributed by atoms with E-state index in [1.54, 1.807) is 22.4 Å². The summed E-state index contributed by atoms with van der Waals surface area (Å²) in [5, 5.41) is 5.08. The topological polar surface area (TPSA) is 90.6 Å². The average Bonchev–Trinajstić information content (AvgIpc) is 3.32. The number of fused-ring (bicyclic) bond motifs is 1. The monoisotopic (exact) mass is 416 g/mol. The maximum Gasteiger partial charge on any atom is 0.410 e. The highest BCUT2D eigenvalue weighted by Crippen LogP contribution is 2.32. The second-order valence-corrected chi connectivity index (χ2v) is 9.10. The molecule has 1 aliphatic heterocycles. The third-order valence-corrected chi connectivity index (χ3v) is 5.64. The van der Waals surface area contributed by atoms with E-state index in [1.807, 2.05) is 39.1 Å². The molecular weight excluding hydrogens is 392 g/mol. The molecule has 29 heavy (non-hydrogen) atoms. The fourth-order valence-electron chi connectivity index (χ4n) is 3.13. The molecule has 1 amide bonds. The van der Waals surface area contributed by atoms with E-state index in [-0.39, 0.29) is 18.8 Å². The molecule has 0 atom stereocenters. The molecule has 3 aromatic rings. The van der Waals surface area contributed by atoms with Gasteiger partial charge in [0.25, 0.3) is 5.89 Å². The van der Waals surface area contributed by atoms with E-state index in [1.165, 1.54) is 0 Å². The summed E-state index contributed by atoms with van der Waals surface area (Å²) in [4.78, 5) is 23.3. The first-order chi connectivity index (χ1) is 13.9. The number of nitrogens with zero attached hydrogens (tertiary/aromatic N) is 4. The lowest BCUT2D eigenvalue weighted by Crippen LogP contribution is -2.43. The number of ether oxygens (including phenoxy) is 2. The SMILES string of the molecule is CC(C)(C)OC(=O)N1CCC(OCc2noc(-c3cc4cnccc4s3)n2)CC1. The minimum absolute atomic E-state index is 0.0611. The lowest BCUT2D eigenvalue weighted by Gasteiger charge is -2.33. The lowest BCUT2D eigenvalue weighted by molar-refractivity contribution is -0.0190. The largest absolute Gasteiger partial charge is 0.444 e. The molecule has 0 spiro atoms. The van der Waals surface area contributed by atoms with Crippen molar-refractivity contribution in [2.75, 3.05) is 13.1 Å². The van der Waals surface area contributed by atoms with Crippen LogP contribution in [0.5, 0.6) is 0 Å². The van der Waals surface area contributed by atoms with E-state index >= 15 is 0 Å². The number of carbonyl (C=O) groups excluding carboxylic acids is 1. The maximum atomic E-state index is 12.1. The average molecular weight is 417 g/mol. The molecule has 0 radical (unpaired) electrons. The Hall–Kier alpha value is -2.52. The number of thiophene rings is 1. The number of likely N-dealkylation sites (tertiary alicyclic amines) is 1. The van der Waals surface area contributed by atoms with Gasteiger partial charge in [0.1, 0.15) is 12.2 Å². The minimum atomic E-state index is -0.480. The van der Waals surface area contributed by atoms with E-state index in [0.717, 1.165) is 27.8 Å². The Balaban J connectivity index is 1.28. The van der Waals surface area contributed by atoms with E-state index in [0.29, 0.717) is 24.8 Å². The number of rotatable bonds is 4. The zero-order chi connectivity index (χ0) is 20.4. The van der Waals surface area contributed by atoms with Gasteiger partial charge in [-0.25, -0.2) is 4.79 Å². The van der Waals surface area contributed by atoms with Crippen molar-refractivity contribution in [2.45, 2.75) is 51.9 Å². The van der Waals surface area contributed by atoms with Crippen LogP contribution in [-0.4, -0.2) is 50.9 Å². The van der Waals surface area contributed by atoms with Crippen LogP contribution in [0.15, 0.2) is 29.0 Å². The van der Waals surface area contributed by atoms with E-state index in [2.05, 4.69) is 15.1 Å². The Labute approximate surface area is 172 Å². The molecule has 1 aliphatic rings. The molecule has 3 aromatic heterocycles. The first kappa shape index (κ1) is 19.8. The van der Waals surface area contributed by atoms with E-state index < -0.39 is 5.60 Å². The molecule has 9 heteroatoms. The van der Waals surface area contributed by atoms with Gasteiger partial charge in [0.2, 0.25) is 0 Å². The highest BCUT2D eigenvalue weighted by molar-refractivity contribution is 7.22. The number of aromatic nitrogens is 3. The van der Waals surface area contributed by atoms with Crippen LogP contribution in [0.1, 0.15) is 39.4 Å². The Morgan fingerprint density at radius 2 is 2.14 bits per heavy atom. The smallest absolute Gasteiger partial charge is 0.410 e. The van der Waals surface area contributed by atoms with Gasteiger partial charge in [0, 0.05) is 35.6 Å². The summed E-state index contributed by atoms with van der Waals surface area (Å²) >= 11 is 1.59. The van der Waals surface area contributed by atoms with Gasteiger partial charge in [-0.3, -0.25) is 4.98 Å². The summed E-state index contributed by atoms with van der Waals surface area (Å²) in [6.45, 7) is 7.13. The molecule has 0 aliphatic carbocycles. The molecular formula is C20H24N4O4S. The molecule has 8 nitrogen and oxygen atoms in total. The number of pyridine rings is 1. The number of carbonyl (C=O) groups is 1. The first-order valence-electron chi connectivity index (χ1n) is 9.63. The number of amides is 1. The van der Waals surface area contributed by atoms with Crippen molar-refractivity contribution < 1.29 is 18.8 Å². The fraction of sp³-hybridized carbons (Fsp3) is 0.500. The van der Waals surface area contributed by atoms with Gasteiger partial charge in [0.15, 0.2) is 5.82 Å². The molecule has 0 N–H and O–H groups in total. The van der Waals surface area contributed by atoms with Crippen LogP contribution in [0.4, 0.5) is 4.79 Å². The summed E-state index contributed by atoms with van der Waals surface area (Å²) in [5.41, 5.74) is -0.480. The molecule has 1 saturated heterocycles. The van der Waals surface area contributed by atoms with Gasteiger partial charge in [-0.2, -0.15) is 4.98 Å². The Kier molecular flexibility index (Phi) is 5.51. The number of hydrogen-bond donors (Lipinski definition) is 0. The van der Waals surface area contributed by atoms with Crippen molar-refractivity contribution in [2.24, 2.45) is 0 Å². The fourth-order valence-corrected chi connectivity index (χ4v) is 4.08. The van der Waals surface area contributed by atoms with Gasteiger partial charge in [0.05, 0.1) is 11.0 Å². The molecule has 0 saturated carbocycles. The Morgan fingerprint density at radius 3 is 2.86 bits per heavy atom. The second kappa shape index (κ2) is 8.08. The molecule has 1 fully saturated rings. The van der Waals surface area contributed by atoms with E-state index in [4.69, 9.17) is 14.0 Å². The predicted octanol–water partition coefficient (Wildman–Crippen LogP) is 4.26. The van der Waals surface area contributed by atoms with Crippen LogP contribution >= 0.6 is 11.3 Å². The van der Waals surface area contributed by atoms with Gasteiger partial charge >= 0.3 is 6.09 Å². The molecule has 154 valence electrons. The van der Waals surface area contributed by atoms with Crippen LogP contribution in [0.25, 0.3) is 20.9 Å². The zero-order valence-corrected chi connectivity index (χ0v) is 17.6. The molecule has 0 bridgehead atoms. The number of hydrogen-bond acceptors (Lipinski definition) is 8.